The number of rotatable bonds is 13. The molecule has 0 saturated heterocycles. The first-order valence-electron chi connectivity index (χ1n) is 13.4. The van der Waals surface area contributed by atoms with Crippen molar-refractivity contribution in [2.24, 2.45) is 0 Å². The minimum atomic E-state index is -0.623. The van der Waals surface area contributed by atoms with Crippen LogP contribution < -0.4 is 21.3 Å². The normalized spacial score (nSPS) is 11.0. The highest BCUT2D eigenvalue weighted by Gasteiger charge is 2.18. The number of aromatic nitrogens is 3. The molecule has 0 atom stereocenters. The van der Waals surface area contributed by atoms with E-state index in [1.165, 1.54) is 6.20 Å². The Morgan fingerprint density at radius 1 is 0.951 bits per heavy atom. The van der Waals surface area contributed by atoms with E-state index in [9.17, 15) is 14.4 Å². The molecule has 12 heteroatoms. The highest BCUT2D eigenvalue weighted by molar-refractivity contribution is 6.31. The zero-order valence-electron chi connectivity index (χ0n) is 23.7. The first kappa shape index (κ1) is 31.3. The Bertz CT molecular complexity index is 1350. The summed E-state index contributed by atoms with van der Waals surface area (Å²) in [5.41, 5.74) is 1.50. The minimum Gasteiger partial charge on any atom is -0.460 e. The third-order valence-electron chi connectivity index (χ3n) is 5.44. The van der Waals surface area contributed by atoms with Gasteiger partial charge in [-0.3, -0.25) is 19.4 Å². The molecule has 1 aromatic carbocycles. The van der Waals surface area contributed by atoms with Gasteiger partial charge >= 0.3 is 5.97 Å². The molecule has 218 valence electrons. The van der Waals surface area contributed by atoms with Crippen molar-refractivity contribution < 1.29 is 19.1 Å². The number of anilines is 4. The number of amides is 2. The number of ether oxygens (including phenoxy) is 1. The monoisotopic (exact) mass is 581 g/mol. The molecule has 41 heavy (non-hydrogen) atoms. The van der Waals surface area contributed by atoms with Crippen molar-refractivity contribution in [2.75, 3.05) is 34.4 Å². The number of hydrogen-bond donors (Lipinski definition) is 4. The first-order chi connectivity index (χ1) is 19.5. The van der Waals surface area contributed by atoms with Crippen LogP contribution in [0.25, 0.3) is 0 Å². The molecular formula is C29H36ClN7O4. The third-order valence-corrected chi connectivity index (χ3v) is 5.66. The van der Waals surface area contributed by atoms with Crippen LogP contribution >= 0.6 is 11.6 Å². The zero-order chi connectivity index (χ0) is 29.8. The SMILES string of the molecule is CCCNc1nc(NCCc2ccncc2)ncc1C(=O)Nc1cc(Cl)cc(NC(=O)CCC(=O)OC(C)(C)C)c1. The Kier molecular flexibility index (Phi) is 11.4. The van der Waals surface area contributed by atoms with Gasteiger partial charge in [-0.15, -0.1) is 0 Å². The maximum Gasteiger partial charge on any atom is 0.306 e. The number of benzene rings is 1. The number of pyridine rings is 1. The lowest BCUT2D eigenvalue weighted by atomic mass is 10.2. The van der Waals surface area contributed by atoms with Crippen LogP contribution in [0.2, 0.25) is 5.02 Å². The quantitative estimate of drug-likeness (QED) is 0.197. The highest BCUT2D eigenvalue weighted by atomic mass is 35.5. The van der Waals surface area contributed by atoms with Gasteiger partial charge in [0, 0.05) is 54.5 Å². The second kappa shape index (κ2) is 14.9. The molecular weight excluding hydrogens is 546 g/mol. The molecule has 0 aliphatic heterocycles. The number of carbonyl (C=O) groups excluding carboxylic acids is 3. The summed E-state index contributed by atoms with van der Waals surface area (Å²) in [4.78, 5) is 50.4. The number of esters is 1. The molecule has 2 aromatic heterocycles. The molecule has 0 aliphatic rings. The van der Waals surface area contributed by atoms with E-state index in [0.717, 1.165) is 18.4 Å². The van der Waals surface area contributed by atoms with Crippen LogP contribution in [-0.4, -0.2) is 51.4 Å². The fraction of sp³-hybridized carbons (Fsp3) is 0.379. The smallest absolute Gasteiger partial charge is 0.306 e. The van der Waals surface area contributed by atoms with Gasteiger partial charge in [0.15, 0.2) is 0 Å². The molecule has 0 aliphatic carbocycles. The van der Waals surface area contributed by atoms with Crippen molar-refractivity contribution in [2.45, 2.75) is 59.0 Å². The molecule has 2 amide bonds. The van der Waals surface area contributed by atoms with Crippen LogP contribution in [0.15, 0.2) is 48.9 Å². The predicted molar refractivity (Wildman–Crippen MR) is 160 cm³/mol. The van der Waals surface area contributed by atoms with E-state index >= 15 is 0 Å². The summed E-state index contributed by atoms with van der Waals surface area (Å²) in [5.74, 6) is -0.508. The Balaban J connectivity index is 1.64. The van der Waals surface area contributed by atoms with Gasteiger partial charge in [0.1, 0.15) is 17.0 Å². The lowest BCUT2D eigenvalue weighted by molar-refractivity contribution is -0.155. The Morgan fingerprint density at radius 3 is 2.34 bits per heavy atom. The molecule has 0 spiro atoms. The Hall–Kier alpha value is -4.25. The summed E-state index contributed by atoms with van der Waals surface area (Å²) in [6.07, 6.45) is 6.43. The zero-order valence-corrected chi connectivity index (χ0v) is 24.5. The van der Waals surface area contributed by atoms with Crippen LogP contribution in [0.5, 0.6) is 0 Å². The number of nitrogens with zero attached hydrogens (tertiary/aromatic N) is 3. The highest BCUT2D eigenvalue weighted by Crippen LogP contribution is 2.24. The van der Waals surface area contributed by atoms with E-state index in [1.54, 1.807) is 51.4 Å². The van der Waals surface area contributed by atoms with Gasteiger partial charge in [0.25, 0.3) is 5.91 Å². The fourth-order valence-corrected chi connectivity index (χ4v) is 3.88. The van der Waals surface area contributed by atoms with E-state index in [1.807, 2.05) is 19.1 Å². The van der Waals surface area contributed by atoms with Crippen LogP contribution in [0.4, 0.5) is 23.1 Å². The van der Waals surface area contributed by atoms with Crippen LogP contribution in [-0.2, 0) is 20.7 Å². The topological polar surface area (TPSA) is 147 Å². The molecule has 0 bridgehead atoms. The van der Waals surface area contributed by atoms with E-state index in [-0.39, 0.29) is 24.3 Å². The summed E-state index contributed by atoms with van der Waals surface area (Å²) in [6.45, 7) is 8.52. The van der Waals surface area contributed by atoms with E-state index in [0.29, 0.717) is 41.3 Å². The van der Waals surface area contributed by atoms with Crippen molar-refractivity contribution in [1.29, 1.82) is 0 Å². The van der Waals surface area contributed by atoms with Crippen molar-refractivity contribution in [3.8, 4) is 0 Å². The summed E-state index contributed by atoms with van der Waals surface area (Å²) in [5, 5.41) is 12.2. The number of hydrogen-bond acceptors (Lipinski definition) is 9. The molecule has 0 fully saturated rings. The predicted octanol–water partition coefficient (Wildman–Crippen LogP) is 5.31. The van der Waals surface area contributed by atoms with Crippen molar-refractivity contribution in [1.82, 2.24) is 15.0 Å². The molecule has 0 unspecified atom stereocenters. The largest absolute Gasteiger partial charge is 0.460 e. The second-order valence-electron chi connectivity index (χ2n) is 10.2. The van der Waals surface area contributed by atoms with Gasteiger partial charge in [0.2, 0.25) is 11.9 Å². The third kappa shape index (κ3) is 11.0. The lowest BCUT2D eigenvalue weighted by Crippen LogP contribution is -2.24. The molecule has 3 rings (SSSR count). The minimum absolute atomic E-state index is 0.0597. The summed E-state index contributed by atoms with van der Waals surface area (Å²) in [7, 11) is 0. The maximum atomic E-state index is 13.2. The van der Waals surface area contributed by atoms with Crippen molar-refractivity contribution >= 4 is 52.5 Å². The lowest BCUT2D eigenvalue weighted by Gasteiger charge is -2.19. The average Bonchev–Trinajstić information content (AvgIpc) is 2.90. The van der Waals surface area contributed by atoms with Crippen LogP contribution in [0.1, 0.15) is 62.9 Å². The van der Waals surface area contributed by atoms with Crippen LogP contribution in [0.3, 0.4) is 0 Å². The van der Waals surface area contributed by atoms with Gasteiger partial charge < -0.3 is 26.0 Å². The Labute approximate surface area is 244 Å². The molecule has 0 radical (unpaired) electrons. The summed E-state index contributed by atoms with van der Waals surface area (Å²) >= 11 is 6.25. The number of nitrogens with one attached hydrogen (secondary N) is 4. The molecule has 0 saturated carbocycles. The van der Waals surface area contributed by atoms with Crippen molar-refractivity contribution in [3.05, 3.63) is 65.1 Å². The van der Waals surface area contributed by atoms with E-state index in [2.05, 4.69) is 36.2 Å². The molecule has 2 heterocycles. The van der Waals surface area contributed by atoms with Crippen LogP contribution in [0, 0.1) is 0 Å². The average molecular weight is 582 g/mol. The molecule has 11 nitrogen and oxygen atoms in total. The van der Waals surface area contributed by atoms with Gasteiger partial charge in [0.05, 0.1) is 6.42 Å². The van der Waals surface area contributed by atoms with E-state index < -0.39 is 17.5 Å². The van der Waals surface area contributed by atoms with Gasteiger partial charge in [-0.25, -0.2) is 4.98 Å². The maximum absolute atomic E-state index is 13.2. The summed E-state index contributed by atoms with van der Waals surface area (Å²) in [6, 6.07) is 8.57. The second-order valence-corrected chi connectivity index (χ2v) is 10.7. The van der Waals surface area contributed by atoms with Gasteiger partial charge in [-0.1, -0.05) is 18.5 Å². The number of halogens is 1. The van der Waals surface area contributed by atoms with Gasteiger partial charge in [-0.2, -0.15) is 4.98 Å². The number of carbonyl (C=O) groups is 3. The van der Waals surface area contributed by atoms with E-state index in [4.69, 9.17) is 16.3 Å². The van der Waals surface area contributed by atoms with Gasteiger partial charge in [-0.05, 0) is 69.5 Å². The fourth-order valence-electron chi connectivity index (χ4n) is 3.64. The summed E-state index contributed by atoms with van der Waals surface area (Å²) < 4.78 is 5.23. The molecule has 3 aromatic rings. The standard InChI is InChI=1S/C29H36ClN7O4/c1-5-11-32-26-23(18-34-28(37-26)33-14-10-19-8-12-31-13-9-19)27(40)36-22-16-20(30)15-21(17-22)35-24(38)6-7-25(39)41-29(2,3)4/h8-9,12-13,15-18H,5-7,10-11,14H2,1-4H3,(H,35,38)(H,36,40)(H2,32,33,34,37). The Morgan fingerprint density at radius 2 is 1.66 bits per heavy atom. The molecule has 4 N–H and O–H groups in total. The first-order valence-corrected chi connectivity index (χ1v) is 13.8. The van der Waals surface area contributed by atoms with Crippen molar-refractivity contribution in [3.63, 3.8) is 0 Å².